The molecule has 13 heteroatoms. The maximum atomic E-state index is 14.9. The van der Waals surface area contributed by atoms with Gasteiger partial charge in [-0.2, -0.15) is 5.10 Å². The minimum absolute atomic E-state index is 0.0431. The Kier molecular flexibility index (Phi) is 6.90. The first kappa shape index (κ1) is 26.2. The Labute approximate surface area is 228 Å². The first-order valence-electron chi connectivity index (χ1n) is 13.0. The van der Waals surface area contributed by atoms with Crippen LogP contribution in [-0.2, 0) is 21.2 Å². The number of nitrogens with zero attached hydrogens (tertiary/aromatic N) is 6. The fourth-order valence-electron chi connectivity index (χ4n) is 4.95. The van der Waals surface area contributed by atoms with Gasteiger partial charge in [-0.15, -0.1) is 0 Å². The van der Waals surface area contributed by atoms with Crippen LogP contribution in [0, 0.1) is 17.6 Å². The molecule has 0 radical (unpaired) electrons. The van der Waals surface area contributed by atoms with Crippen LogP contribution in [0.5, 0.6) is 0 Å². The zero-order valence-electron chi connectivity index (χ0n) is 21.4. The Hall–Kier alpha value is -4.00. The van der Waals surface area contributed by atoms with Crippen LogP contribution >= 0.6 is 0 Å². The topological polar surface area (TPSA) is 124 Å². The van der Waals surface area contributed by atoms with Gasteiger partial charge in [0.05, 0.1) is 23.7 Å². The van der Waals surface area contributed by atoms with Crippen LogP contribution in [0.2, 0.25) is 0 Å². The Morgan fingerprint density at radius 3 is 2.50 bits per heavy atom. The number of piperidine rings is 1. The van der Waals surface area contributed by atoms with Crippen molar-refractivity contribution in [2.24, 2.45) is 5.92 Å². The third kappa shape index (κ3) is 5.37. The van der Waals surface area contributed by atoms with Gasteiger partial charge in [0.2, 0.25) is 0 Å². The molecule has 0 bridgehead atoms. The van der Waals surface area contributed by atoms with Crippen molar-refractivity contribution in [2.45, 2.75) is 37.5 Å². The van der Waals surface area contributed by atoms with E-state index in [1.807, 2.05) is 0 Å². The van der Waals surface area contributed by atoms with Crippen LogP contribution < -0.4 is 4.90 Å². The lowest BCUT2D eigenvalue weighted by atomic mass is 10.1. The second-order valence-electron chi connectivity index (χ2n) is 10.1. The number of carbonyl (C=O) groups is 1. The van der Waals surface area contributed by atoms with Gasteiger partial charge in [0, 0.05) is 30.6 Å². The predicted octanol–water partition coefficient (Wildman–Crippen LogP) is 3.68. The highest BCUT2D eigenvalue weighted by Gasteiger charge is 2.37. The molecule has 4 heterocycles. The summed E-state index contributed by atoms with van der Waals surface area (Å²) in [6.07, 6.45) is 4.54. The molecule has 4 aromatic rings. The summed E-state index contributed by atoms with van der Waals surface area (Å²) in [5.41, 5.74) is 1.75. The van der Waals surface area contributed by atoms with Crippen molar-refractivity contribution >= 4 is 21.4 Å². The standard InChI is InChI=1S/C27H26F2N6O4S/c28-20-4-2-1-3-18(20)15-35-24(22-9-12-39-33-22)13-23(32-35)26-30-14-21(29)27(31-26)34-10-7-19(8-11-34)40(37,38)16-25(36)17-5-6-17/h1-4,9,12-14,17,19H,5-8,10-11,15-16H2. The quantitative estimate of drug-likeness (QED) is 0.297. The molecule has 2 fully saturated rings. The number of sulfone groups is 1. The molecule has 1 aliphatic carbocycles. The lowest BCUT2D eigenvalue weighted by Crippen LogP contribution is -2.41. The summed E-state index contributed by atoms with van der Waals surface area (Å²) in [5, 5.41) is 7.90. The van der Waals surface area contributed by atoms with Crippen LogP contribution in [0.3, 0.4) is 0 Å². The highest BCUT2D eigenvalue weighted by atomic mass is 32.2. The zero-order chi connectivity index (χ0) is 27.9. The van der Waals surface area contributed by atoms with Crippen molar-refractivity contribution in [1.82, 2.24) is 24.9 Å². The Bertz CT molecular complexity index is 1650. The average Bonchev–Trinajstić information content (AvgIpc) is 3.50. The molecule has 1 aromatic carbocycles. The molecular weight excluding hydrogens is 542 g/mol. The predicted molar refractivity (Wildman–Crippen MR) is 141 cm³/mol. The summed E-state index contributed by atoms with van der Waals surface area (Å²) in [5.74, 6) is -1.56. The number of halogens is 2. The average molecular weight is 569 g/mol. The molecule has 0 spiro atoms. The lowest BCUT2D eigenvalue weighted by molar-refractivity contribution is -0.117. The molecule has 10 nitrogen and oxygen atoms in total. The number of hydrogen-bond donors (Lipinski definition) is 0. The molecule has 208 valence electrons. The van der Waals surface area contributed by atoms with E-state index >= 15 is 0 Å². The largest absolute Gasteiger partial charge is 0.364 e. The number of rotatable bonds is 9. The SMILES string of the molecule is O=C(CS(=O)(=O)C1CCN(c2nc(-c3cc(-c4ccon4)n(Cc4ccccc4F)n3)ncc2F)CC1)C1CC1. The van der Waals surface area contributed by atoms with E-state index < -0.39 is 26.7 Å². The molecular formula is C27H26F2N6O4S. The summed E-state index contributed by atoms with van der Waals surface area (Å²) in [6.45, 7) is 0.635. The fourth-order valence-corrected chi connectivity index (χ4v) is 6.75. The molecule has 0 unspecified atom stereocenters. The summed E-state index contributed by atoms with van der Waals surface area (Å²) in [7, 11) is -3.56. The van der Waals surface area contributed by atoms with E-state index in [9.17, 15) is 22.0 Å². The van der Waals surface area contributed by atoms with Gasteiger partial charge >= 0.3 is 0 Å². The van der Waals surface area contributed by atoms with Crippen molar-refractivity contribution in [3.05, 3.63) is 66.1 Å². The molecule has 0 atom stereocenters. The molecule has 1 saturated heterocycles. The number of ketones is 1. The molecule has 40 heavy (non-hydrogen) atoms. The Morgan fingerprint density at radius 2 is 1.80 bits per heavy atom. The van der Waals surface area contributed by atoms with E-state index in [1.54, 1.807) is 39.9 Å². The monoisotopic (exact) mass is 568 g/mol. The second kappa shape index (κ2) is 10.5. The highest BCUT2D eigenvalue weighted by Crippen LogP contribution is 2.32. The van der Waals surface area contributed by atoms with Gasteiger partial charge in [0.15, 0.2) is 33.1 Å². The maximum absolute atomic E-state index is 14.9. The zero-order valence-corrected chi connectivity index (χ0v) is 22.2. The minimum Gasteiger partial charge on any atom is -0.364 e. The van der Waals surface area contributed by atoms with Gasteiger partial charge in [-0.1, -0.05) is 23.4 Å². The molecule has 3 aromatic heterocycles. The maximum Gasteiger partial charge on any atom is 0.183 e. The normalized spacial score (nSPS) is 16.4. The molecule has 1 aliphatic heterocycles. The number of benzene rings is 1. The number of Topliss-reactive ketones (excluding diaryl/α,β-unsaturated/α-hetero) is 1. The van der Waals surface area contributed by atoms with E-state index in [2.05, 4.69) is 20.2 Å². The molecule has 0 N–H and O–H groups in total. The van der Waals surface area contributed by atoms with Gasteiger partial charge in [-0.25, -0.2) is 27.2 Å². The first-order chi connectivity index (χ1) is 19.3. The van der Waals surface area contributed by atoms with Crippen LogP contribution in [0.1, 0.15) is 31.2 Å². The van der Waals surface area contributed by atoms with E-state index in [0.717, 1.165) is 19.0 Å². The van der Waals surface area contributed by atoms with Crippen LogP contribution in [-0.4, -0.2) is 63.2 Å². The van der Waals surface area contributed by atoms with Gasteiger partial charge in [0.1, 0.15) is 29.2 Å². The van der Waals surface area contributed by atoms with Crippen molar-refractivity contribution in [2.75, 3.05) is 23.7 Å². The number of carbonyl (C=O) groups excluding carboxylic acids is 1. The first-order valence-corrected chi connectivity index (χ1v) is 14.7. The van der Waals surface area contributed by atoms with E-state index in [-0.39, 0.29) is 61.6 Å². The number of hydrogen-bond acceptors (Lipinski definition) is 9. The summed E-state index contributed by atoms with van der Waals surface area (Å²) >= 11 is 0. The van der Waals surface area contributed by atoms with Gasteiger partial charge in [0.25, 0.3) is 0 Å². The summed E-state index contributed by atoms with van der Waals surface area (Å²) in [4.78, 5) is 22.3. The smallest absolute Gasteiger partial charge is 0.183 e. The highest BCUT2D eigenvalue weighted by molar-refractivity contribution is 7.92. The van der Waals surface area contributed by atoms with E-state index in [4.69, 9.17) is 4.52 Å². The minimum atomic E-state index is -3.56. The van der Waals surface area contributed by atoms with Crippen LogP contribution in [0.4, 0.5) is 14.6 Å². The molecule has 1 saturated carbocycles. The summed E-state index contributed by atoms with van der Waals surface area (Å²) in [6, 6.07) is 9.67. The van der Waals surface area contributed by atoms with E-state index in [0.29, 0.717) is 22.6 Å². The third-order valence-electron chi connectivity index (χ3n) is 7.34. The number of anilines is 1. The fraction of sp³-hybridized carbons (Fsp3) is 0.370. The second-order valence-corrected chi connectivity index (χ2v) is 12.4. The summed E-state index contributed by atoms with van der Waals surface area (Å²) < 4.78 is 61.4. The van der Waals surface area contributed by atoms with Crippen molar-refractivity contribution in [3.63, 3.8) is 0 Å². The van der Waals surface area contributed by atoms with Gasteiger partial charge < -0.3 is 9.42 Å². The third-order valence-corrected chi connectivity index (χ3v) is 9.51. The van der Waals surface area contributed by atoms with Crippen molar-refractivity contribution in [3.8, 4) is 22.9 Å². The van der Waals surface area contributed by atoms with Crippen LogP contribution in [0.15, 0.2) is 53.4 Å². The lowest BCUT2D eigenvalue weighted by Gasteiger charge is -2.32. The molecule has 6 rings (SSSR count). The number of aromatic nitrogens is 5. The van der Waals surface area contributed by atoms with Gasteiger partial charge in [-0.3, -0.25) is 9.48 Å². The molecule has 0 amide bonds. The Balaban J connectivity index is 1.24. The Morgan fingerprint density at radius 1 is 1.02 bits per heavy atom. The van der Waals surface area contributed by atoms with E-state index in [1.165, 1.54) is 12.3 Å². The van der Waals surface area contributed by atoms with Crippen molar-refractivity contribution in [1.29, 1.82) is 0 Å². The van der Waals surface area contributed by atoms with Crippen molar-refractivity contribution < 1.29 is 26.5 Å². The van der Waals surface area contributed by atoms with Crippen LogP contribution in [0.25, 0.3) is 22.9 Å². The molecule has 2 aliphatic rings. The van der Waals surface area contributed by atoms with Gasteiger partial charge in [-0.05, 0) is 37.8 Å².